The summed E-state index contributed by atoms with van der Waals surface area (Å²) in [6.07, 6.45) is 0. The van der Waals surface area contributed by atoms with Crippen LogP contribution in [0.4, 0.5) is 4.39 Å². The third kappa shape index (κ3) is 1.46. The first-order chi connectivity index (χ1) is 5.11. The molecule has 0 fully saturated rings. The van der Waals surface area contributed by atoms with Crippen LogP contribution in [0, 0.1) is 5.82 Å². The molecule has 0 bridgehead atoms. The molecule has 11 heavy (non-hydrogen) atoms. The Hall–Kier alpha value is -1.58. The fraction of sp³-hybridized carbons (Fsp3) is 0. The lowest BCUT2D eigenvalue weighted by Gasteiger charge is -2.08. The Bertz CT molecular complexity index is 296. The number of hydrogen-bond acceptors (Lipinski definition) is 2. The van der Waals surface area contributed by atoms with Gasteiger partial charge in [-0.2, -0.15) is 0 Å². The molecule has 0 radical (unpaired) electrons. The highest BCUT2D eigenvalue weighted by Gasteiger charge is 2.02. The summed E-state index contributed by atoms with van der Waals surface area (Å²) in [4.78, 5) is 10.2. The summed E-state index contributed by atoms with van der Waals surface area (Å²) in [5.74, 6) is -2.87. The van der Waals surface area contributed by atoms with Crippen LogP contribution in [-0.2, 0) is 0 Å². The van der Waals surface area contributed by atoms with E-state index in [2.05, 4.69) is 0 Å². The first-order valence-electron chi connectivity index (χ1n) is 2.81. The minimum atomic E-state index is -1.34. The van der Waals surface area contributed by atoms with Crippen molar-refractivity contribution in [3.8, 4) is 5.75 Å². The molecule has 3 nitrogen and oxygen atoms in total. The summed E-state index contributed by atoms with van der Waals surface area (Å²) < 4.78 is 12.2. The summed E-state index contributed by atoms with van der Waals surface area (Å²) in [7, 11) is 0. The van der Waals surface area contributed by atoms with Crippen LogP contribution in [0.25, 0.3) is 0 Å². The molecule has 0 aliphatic rings. The lowest BCUT2D eigenvalue weighted by atomic mass is 10.2. The van der Waals surface area contributed by atoms with E-state index < -0.39 is 23.1 Å². The van der Waals surface area contributed by atoms with Gasteiger partial charge in [-0.1, -0.05) is 5.75 Å². The maximum Gasteiger partial charge on any atom is 0.335 e. The van der Waals surface area contributed by atoms with Crippen LogP contribution in [0.5, 0.6) is 5.75 Å². The molecular weight excluding hydrogens is 151 g/mol. The molecule has 0 heterocycles. The number of carboxylic acid groups (broad SMARTS) is 1. The lowest BCUT2D eigenvalue weighted by Crippen LogP contribution is -2.03. The first-order valence-corrected chi connectivity index (χ1v) is 2.81. The van der Waals surface area contributed by atoms with E-state index in [1.54, 1.807) is 0 Å². The quantitative estimate of drug-likeness (QED) is 0.645. The second kappa shape index (κ2) is 2.57. The van der Waals surface area contributed by atoms with Gasteiger partial charge in [0.15, 0.2) is 0 Å². The van der Waals surface area contributed by atoms with Crippen molar-refractivity contribution in [2.75, 3.05) is 0 Å². The van der Waals surface area contributed by atoms with E-state index in [0.717, 1.165) is 12.1 Å². The Kier molecular flexibility index (Phi) is 1.76. The molecule has 0 saturated heterocycles. The predicted molar refractivity (Wildman–Crippen MR) is 32.8 cm³/mol. The normalized spacial score (nSPS) is 9.55. The Morgan fingerprint density at radius 2 is 2.18 bits per heavy atom. The molecule has 0 aromatic heterocycles. The van der Waals surface area contributed by atoms with Crippen molar-refractivity contribution < 1.29 is 19.4 Å². The fourth-order valence-corrected chi connectivity index (χ4v) is 0.673. The monoisotopic (exact) mass is 155 g/mol. The first kappa shape index (κ1) is 7.53. The van der Waals surface area contributed by atoms with Crippen LogP contribution in [0.15, 0.2) is 18.2 Å². The average Bonchev–Trinajstić information content (AvgIpc) is 1.85. The SMILES string of the molecule is O=C(O)c1ccc(F)cc1[O-]. The Morgan fingerprint density at radius 1 is 1.55 bits per heavy atom. The Morgan fingerprint density at radius 3 is 2.64 bits per heavy atom. The van der Waals surface area contributed by atoms with Crippen LogP contribution in [-0.4, -0.2) is 11.1 Å². The Balaban J connectivity index is 3.20. The number of halogens is 1. The van der Waals surface area contributed by atoms with Crippen LogP contribution in [0.1, 0.15) is 10.4 Å². The molecule has 0 saturated carbocycles. The second-order valence-electron chi connectivity index (χ2n) is 1.95. The number of carboxylic acids is 1. The number of carbonyl (C=O) groups is 1. The molecule has 4 heteroatoms. The molecule has 1 aromatic carbocycles. The number of hydrogen-bond donors (Lipinski definition) is 1. The maximum absolute atomic E-state index is 12.2. The van der Waals surface area contributed by atoms with Crippen molar-refractivity contribution in [2.45, 2.75) is 0 Å². The third-order valence-corrected chi connectivity index (χ3v) is 1.17. The molecule has 0 amide bonds. The molecule has 0 atom stereocenters. The zero-order valence-electron chi connectivity index (χ0n) is 5.37. The van der Waals surface area contributed by atoms with E-state index in [1.165, 1.54) is 0 Å². The molecule has 1 aromatic rings. The molecule has 58 valence electrons. The van der Waals surface area contributed by atoms with Gasteiger partial charge in [-0.25, -0.2) is 9.18 Å². The van der Waals surface area contributed by atoms with Gasteiger partial charge in [0.1, 0.15) is 5.82 Å². The Labute approximate surface area is 61.7 Å². The summed E-state index contributed by atoms with van der Waals surface area (Å²) in [6, 6.07) is 2.52. The topological polar surface area (TPSA) is 60.4 Å². The summed E-state index contributed by atoms with van der Waals surface area (Å²) >= 11 is 0. The van der Waals surface area contributed by atoms with Crippen LogP contribution in [0.3, 0.4) is 0 Å². The maximum atomic E-state index is 12.2. The standard InChI is InChI=1S/C7H5FO3/c8-4-1-2-5(7(10)11)6(9)3-4/h1-3,9H,(H,10,11)/p-1. The minimum Gasteiger partial charge on any atom is -0.872 e. The smallest absolute Gasteiger partial charge is 0.335 e. The van der Waals surface area contributed by atoms with Gasteiger partial charge in [-0.3, -0.25) is 0 Å². The number of aromatic carboxylic acids is 1. The zero-order chi connectivity index (χ0) is 8.43. The van der Waals surface area contributed by atoms with E-state index in [4.69, 9.17) is 5.11 Å². The predicted octanol–water partition coefficient (Wildman–Crippen LogP) is 0.597. The molecule has 0 aliphatic heterocycles. The highest BCUT2D eigenvalue weighted by atomic mass is 19.1. The van der Waals surface area contributed by atoms with E-state index in [9.17, 15) is 14.3 Å². The molecule has 0 aliphatic carbocycles. The van der Waals surface area contributed by atoms with E-state index in [0.29, 0.717) is 6.07 Å². The second-order valence-corrected chi connectivity index (χ2v) is 1.95. The van der Waals surface area contributed by atoms with Gasteiger partial charge in [0.05, 0.1) is 5.56 Å². The van der Waals surface area contributed by atoms with Gasteiger partial charge in [-0.15, -0.1) is 0 Å². The van der Waals surface area contributed by atoms with Crippen LogP contribution >= 0.6 is 0 Å². The third-order valence-electron chi connectivity index (χ3n) is 1.17. The van der Waals surface area contributed by atoms with Crippen molar-refractivity contribution in [3.05, 3.63) is 29.6 Å². The van der Waals surface area contributed by atoms with Gasteiger partial charge in [0.25, 0.3) is 0 Å². The van der Waals surface area contributed by atoms with E-state index in [-0.39, 0.29) is 0 Å². The molecule has 1 N–H and O–H groups in total. The zero-order valence-corrected chi connectivity index (χ0v) is 5.37. The van der Waals surface area contributed by atoms with Crippen molar-refractivity contribution in [1.82, 2.24) is 0 Å². The van der Waals surface area contributed by atoms with E-state index >= 15 is 0 Å². The van der Waals surface area contributed by atoms with Gasteiger partial charge < -0.3 is 10.2 Å². The van der Waals surface area contributed by atoms with Gasteiger partial charge in [0.2, 0.25) is 0 Å². The van der Waals surface area contributed by atoms with Crippen molar-refractivity contribution in [3.63, 3.8) is 0 Å². The average molecular weight is 155 g/mol. The summed E-state index contributed by atoms with van der Waals surface area (Å²) in [5.41, 5.74) is -0.411. The van der Waals surface area contributed by atoms with Gasteiger partial charge in [-0.05, 0) is 18.2 Å². The molecule has 1 rings (SSSR count). The number of benzene rings is 1. The van der Waals surface area contributed by atoms with Crippen molar-refractivity contribution >= 4 is 5.97 Å². The summed E-state index contributed by atoms with van der Waals surface area (Å²) in [5, 5.41) is 19.0. The molecular formula is C7H4FO3-. The number of rotatable bonds is 1. The van der Waals surface area contributed by atoms with Crippen LogP contribution < -0.4 is 5.11 Å². The van der Waals surface area contributed by atoms with Crippen LogP contribution in [0.2, 0.25) is 0 Å². The van der Waals surface area contributed by atoms with E-state index in [1.807, 2.05) is 0 Å². The van der Waals surface area contributed by atoms with Crippen molar-refractivity contribution in [2.24, 2.45) is 0 Å². The minimum absolute atomic E-state index is 0.411. The van der Waals surface area contributed by atoms with Gasteiger partial charge >= 0.3 is 5.97 Å². The van der Waals surface area contributed by atoms with Crippen molar-refractivity contribution in [1.29, 1.82) is 0 Å². The fourth-order valence-electron chi connectivity index (χ4n) is 0.673. The molecule has 0 spiro atoms. The highest BCUT2D eigenvalue weighted by Crippen LogP contribution is 2.14. The highest BCUT2D eigenvalue weighted by molar-refractivity contribution is 5.90. The summed E-state index contributed by atoms with van der Waals surface area (Å²) in [6.45, 7) is 0. The molecule has 0 unspecified atom stereocenters. The van der Waals surface area contributed by atoms with Gasteiger partial charge in [0, 0.05) is 0 Å². The lowest BCUT2D eigenvalue weighted by molar-refractivity contribution is -0.269. The largest absolute Gasteiger partial charge is 0.872 e.